The highest BCUT2D eigenvalue weighted by molar-refractivity contribution is 6.43. The highest BCUT2D eigenvalue weighted by Crippen LogP contribution is 2.51. The molecule has 2 aliphatic heterocycles. The average Bonchev–Trinajstić information content (AvgIpc) is 3.26. The van der Waals surface area contributed by atoms with Crippen molar-refractivity contribution in [1.29, 1.82) is 0 Å². The van der Waals surface area contributed by atoms with Crippen LogP contribution in [0.4, 0.5) is 17.1 Å². The van der Waals surface area contributed by atoms with Crippen molar-refractivity contribution < 1.29 is 24.4 Å². The summed E-state index contributed by atoms with van der Waals surface area (Å²) in [7, 11) is -1.00. The maximum atomic E-state index is 14.0. The van der Waals surface area contributed by atoms with E-state index in [0.717, 1.165) is 47.3 Å². The summed E-state index contributed by atoms with van der Waals surface area (Å²) in [5.74, 6) is -1.33. The highest BCUT2D eigenvalue weighted by Gasteiger charge is 2.57. The summed E-state index contributed by atoms with van der Waals surface area (Å²) in [5, 5.41) is 24.5. The van der Waals surface area contributed by atoms with Gasteiger partial charge in [-0.1, -0.05) is 67.0 Å². The fourth-order valence-corrected chi connectivity index (χ4v) is 7.29. The van der Waals surface area contributed by atoms with E-state index in [1.807, 2.05) is 85.8 Å². The standard InChI is InChI=1S/C36H39BN2O5/c1-3-9-24(21-25-10-7-8-13-31(25)40)14-19-32-33-23(2)20-29-34(30(33)22-37(43)44-32)36(42)39(35(29)41)28-17-15-27(16-18-28)38-26-11-5-4-6-12-26/h4-8,10-13,15-18,21,29-30,32,34,38,40,43H,3,9,14,19-20,22H2,1-2H3/b24-21+/t29-,30+,32-,34-/m1/s1. The second kappa shape index (κ2) is 12.8. The number of nitrogens with one attached hydrogen (secondary N) is 1. The topological polar surface area (TPSA) is 99.1 Å². The summed E-state index contributed by atoms with van der Waals surface area (Å²) in [6.45, 7) is 4.17. The molecule has 226 valence electrons. The van der Waals surface area contributed by atoms with Crippen LogP contribution in [0.3, 0.4) is 0 Å². The molecule has 8 heteroatoms. The van der Waals surface area contributed by atoms with E-state index in [9.17, 15) is 19.7 Å². The molecular weight excluding hydrogens is 551 g/mol. The third-order valence-electron chi connectivity index (χ3n) is 9.24. The Hall–Kier alpha value is -4.14. The zero-order chi connectivity index (χ0) is 30.8. The van der Waals surface area contributed by atoms with Crippen LogP contribution in [0.1, 0.15) is 51.5 Å². The third kappa shape index (κ3) is 5.97. The van der Waals surface area contributed by atoms with Gasteiger partial charge in [0.2, 0.25) is 11.8 Å². The second-order valence-corrected chi connectivity index (χ2v) is 12.2. The van der Waals surface area contributed by atoms with Gasteiger partial charge in [0.15, 0.2) is 0 Å². The van der Waals surface area contributed by atoms with E-state index in [1.54, 1.807) is 6.07 Å². The Balaban J connectivity index is 1.21. The highest BCUT2D eigenvalue weighted by atomic mass is 16.5. The predicted molar refractivity (Wildman–Crippen MR) is 174 cm³/mol. The van der Waals surface area contributed by atoms with Gasteiger partial charge in [0.05, 0.1) is 23.6 Å². The number of fused-ring (bicyclic) bond motifs is 3. The van der Waals surface area contributed by atoms with Crippen molar-refractivity contribution in [3.63, 3.8) is 0 Å². The molecule has 2 saturated heterocycles. The van der Waals surface area contributed by atoms with Crippen LogP contribution in [0, 0.1) is 17.8 Å². The maximum absolute atomic E-state index is 14.0. The predicted octanol–water partition coefficient (Wildman–Crippen LogP) is 7.12. The zero-order valence-corrected chi connectivity index (χ0v) is 25.3. The van der Waals surface area contributed by atoms with E-state index in [2.05, 4.69) is 12.2 Å². The number of aromatic hydroxyl groups is 1. The van der Waals surface area contributed by atoms with Crippen molar-refractivity contribution in [3.8, 4) is 5.75 Å². The van der Waals surface area contributed by atoms with Crippen molar-refractivity contribution >= 4 is 42.1 Å². The van der Waals surface area contributed by atoms with E-state index in [0.29, 0.717) is 24.8 Å². The van der Waals surface area contributed by atoms with Crippen molar-refractivity contribution in [3.05, 3.63) is 101 Å². The zero-order valence-electron chi connectivity index (χ0n) is 25.3. The van der Waals surface area contributed by atoms with Gasteiger partial charge in [0, 0.05) is 16.9 Å². The largest absolute Gasteiger partial charge is 0.507 e. The van der Waals surface area contributed by atoms with Gasteiger partial charge in [-0.15, -0.1) is 0 Å². The molecule has 0 aromatic heterocycles. The molecule has 6 rings (SSSR count). The minimum Gasteiger partial charge on any atom is -0.507 e. The first-order valence-electron chi connectivity index (χ1n) is 15.6. The number of carbonyl (C=O) groups is 2. The molecule has 0 radical (unpaired) electrons. The van der Waals surface area contributed by atoms with Crippen molar-refractivity contribution in [2.75, 3.05) is 10.2 Å². The Labute approximate surface area is 259 Å². The number of anilines is 3. The number of phenols is 1. The van der Waals surface area contributed by atoms with E-state index in [-0.39, 0.29) is 29.6 Å². The number of carbonyl (C=O) groups excluding carboxylic acids is 2. The normalized spacial score (nSPS) is 23.6. The Bertz CT molecular complexity index is 1590. The van der Waals surface area contributed by atoms with Gasteiger partial charge in [0.1, 0.15) is 5.75 Å². The van der Waals surface area contributed by atoms with Crippen LogP contribution < -0.4 is 10.2 Å². The lowest BCUT2D eigenvalue weighted by Crippen LogP contribution is -2.46. The quantitative estimate of drug-likeness (QED) is 0.139. The van der Waals surface area contributed by atoms with Gasteiger partial charge in [0.25, 0.3) is 0 Å². The molecule has 3 aromatic carbocycles. The number of nitrogens with zero attached hydrogens (tertiary/aromatic N) is 1. The van der Waals surface area contributed by atoms with E-state index < -0.39 is 19.0 Å². The van der Waals surface area contributed by atoms with Crippen LogP contribution in [0.25, 0.3) is 6.08 Å². The fraction of sp³-hybridized carbons (Fsp3) is 0.333. The molecule has 0 unspecified atom stereocenters. The Morgan fingerprint density at radius 3 is 2.39 bits per heavy atom. The Kier molecular flexibility index (Phi) is 8.73. The van der Waals surface area contributed by atoms with Crippen LogP contribution in [0.5, 0.6) is 5.75 Å². The molecule has 0 saturated carbocycles. The van der Waals surface area contributed by atoms with Gasteiger partial charge < -0.3 is 20.1 Å². The third-order valence-corrected chi connectivity index (χ3v) is 9.24. The van der Waals surface area contributed by atoms with Crippen molar-refractivity contribution in [1.82, 2.24) is 0 Å². The average molecular weight is 591 g/mol. The molecule has 44 heavy (non-hydrogen) atoms. The van der Waals surface area contributed by atoms with Crippen LogP contribution in [0.15, 0.2) is 95.6 Å². The summed E-state index contributed by atoms with van der Waals surface area (Å²) < 4.78 is 6.12. The fourth-order valence-electron chi connectivity index (χ4n) is 7.29. The van der Waals surface area contributed by atoms with Gasteiger partial charge in [-0.05, 0) is 92.9 Å². The molecular formula is C36H39BN2O5. The molecule has 3 aliphatic rings. The molecule has 2 fully saturated rings. The Morgan fingerprint density at radius 1 is 0.955 bits per heavy atom. The number of allylic oxidation sites excluding steroid dienone is 2. The minimum atomic E-state index is -1.00. The van der Waals surface area contributed by atoms with E-state index in [1.165, 1.54) is 10.5 Å². The number of phenolic OH excluding ortho intramolecular Hbond substituents is 1. The molecule has 3 aromatic rings. The summed E-state index contributed by atoms with van der Waals surface area (Å²) in [6, 6.07) is 24.5. The SMILES string of the molecule is CCC/C(=C\c1ccccc1O)CC[C@H]1OB(O)C[C@H]2C1=C(C)C[C@H]1C(=O)N(c3ccc(Nc4ccccc4)cc3)C(=O)[C@H]12. The second-order valence-electron chi connectivity index (χ2n) is 12.2. The smallest absolute Gasteiger partial charge is 0.455 e. The first-order valence-corrected chi connectivity index (χ1v) is 15.6. The molecule has 4 atom stereocenters. The number of para-hydroxylation sites is 2. The molecule has 3 N–H and O–H groups in total. The Morgan fingerprint density at radius 2 is 1.66 bits per heavy atom. The monoisotopic (exact) mass is 590 g/mol. The minimum absolute atomic E-state index is 0.171. The number of benzene rings is 3. The van der Waals surface area contributed by atoms with Crippen LogP contribution in [-0.2, 0) is 14.2 Å². The van der Waals surface area contributed by atoms with Gasteiger partial charge in [-0.3, -0.25) is 14.5 Å². The number of amides is 2. The van der Waals surface area contributed by atoms with Gasteiger partial charge >= 0.3 is 7.12 Å². The molecule has 7 nitrogen and oxygen atoms in total. The summed E-state index contributed by atoms with van der Waals surface area (Å²) in [4.78, 5) is 29.1. The molecule has 0 spiro atoms. The molecule has 0 bridgehead atoms. The molecule has 2 amide bonds. The molecule has 1 aliphatic carbocycles. The van der Waals surface area contributed by atoms with E-state index >= 15 is 0 Å². The van der Waals surface area contributed by atoms with Crippen LogP contribution in [-0.4, -0.2) is 35.2 Å². The maximum Gasteiger partial charge on any atom is 0.455 e. The van der Waals surface area contributed by atoms with Gasteiger partial charge in [-0.25, -0.2) is 0 Å². The summed E-state index contributed by atoms with van der Waals surface area (Å²) in [5.41, 5.74) is 6.52. The van der Waals surface area contributed by atoms with Crippen LogP contribution >= 0.6 is 0 Å². The number of rotatable bonds is 9. The lowest BCUT2D eigenvalue weighted by atomic mass is 9.58. The first-order chi connectivity index (χ1) is 21.3. The number of hydrogen-bond acceptors (Lipinski definition) is 6. The lowest BCUT2D eigenvalue weighted by Gasteiger charge is -2.42. The van der Waals surface area contributed by atoms with Crippen molar-refractivity contribution in [2.24, 2.45) is 17.8 Å². The molecule has 2 heterocycles. The van der Waals surface area contributed by atoms with E-state index in [4.69, 9.17) is 4.65 Å². The first kappa shape index (κ1) is 29.9. The van der Waals surface area contributed by atoms with Gasteiger partial charge in [-0.2, -0.15) is 0 Å². The summed E-state index contributed by atoms with van der Waals surface area (Å²) >= 11 is 0. The number of imide groups is 1. The number of hydrogen-bond donors (Lipinski definition) is 3. The van der Waals surface area contributed by atoms with Crippen LogP contribution in [0.2, 0.25) is 6.32 Å². The van der Waals surface area contributed by atoms with Crippen molar-refractivity contribution in [2.45, 2.75) is 58.4 Å². The lowest BCUT2D eigenvalue weighted by molar-refractivity contribution is -0.122. The summed E-state index contributed by atoms with van der Waals surface area (Å²) in [6.07, 6.45) is 5.76.